The maximum atomic E-state index is 6.16. The van der Waals surface area contributed by atoms with Crippen molar-refractivity contribution in [1.29, 1.82) is 0 Å². The average molecular weight is 462 g/mol. The van der Waals surface area contributed by atoms with Gasteiger partial charge in [-0.2, -0.15) is 0 Å². The SMILES string of the molecule is Nc1ccc2nc(-c3ccc(-c4ccccc4)cc3)c(CN3CCN(c4ncccn4)CC3)n2c1. The van der Waals surface area contributed by atoms with Gasteiger partial charge in [0.2, 0.25) is 5.95 Å². The third-order valence-corrected chi connectivity index (χ3v) is 6.59. The molecule has 4 heterocycles. The van der Waals surface area contributed by atoms with Gasteiger partial charge in [0.1, 0.15) is 5.65 Å². The Hall–Kier alpha value is -4.23. The Morgan fingerprint density at radius 2 is 1.40 bits per heavy atom. The monoisotopic (exact) mass is 461 g/mol. The van der Waals surface area contributed by atoms with Crippen molar-refractivity contribution < 1.29 is 0 Å². The van der Waals surface area contributed by atoms with E-state index in [0.717, 1.165) is 67.0 Å². The lowest BCUT2D eigenvalue weighted by Crippen LogP contribution is -2.46. The van der Waals surface area contributed by atoms with Crippen LogP contribution in [0.15, 0.2) is 91.4 Å². The standard InChI is InChI=1S/C28H27N7/c29-24-11-12-26-32-27(23-9-7-22(8-10-23)21-5-2-1-3-6-21)25(35(26)19-24)20-33-15-17-34(18-16-33)28-30-13-4-14-31-28/h1-14,19H,15-18,20,29H2. The summed E-state index contributed by atoms with van der Waals surface area (Å²) in [4.78, 5) is 18.5. The van der Waals surface area contributed by atoms with Crippen LogP contribution in [-0.4, -0.2) is 50.4 Å². The second-order valence-corrected chi connectivity index (χ2v) is 8.85. The zero-order valence-electron chi connectivity index (χ0n) is 19.5. The predicted molar refractivity (Wildman–Crippen MR) is 140 cm³/mol. The van der Waals surface area contributed by atoms with Crippen molar-refractivity contribution in [3.8, 4) is 22.4 Å². The van der Waals surface area contributed by atoms with E-state index in [0.29, 0.717) is 0 Å². The number of benzene rings is 2. The maximum Gasteiger partial charge on any atom is 0.225 e. The predicted octanol–water partition coefficient (Wildman–Crippen LogP) is 4.36. The molecule has 0 radical (unpaired) electrons. The van der Waals surface area contributed by atoms with Gasteiger partial charge in [-0.1, -0.05) is 54.6 Å². The highest BCUT2D eigenvalue weighted by molar-refractivity contribution is 5.72. The molecule has 2 aromatic carbocycles. The van der Waals surface area contributed by atoms with E-state index in [-0.39, 0.29) is 0 Å². The number of hydrogen-bond acceptors (Lipinski definition) is 6. The number of rotatable bonds is 5. The molecular formula is C28H27N7. The van der Waals surface area contributed by atoms with E-state index in [2.05, 4.69) is 72.7 Å². The fourth-order valence-electron chi connectivity index (χ4n) is 4.72. The number of nitrogen functional groups attached to an aromatic ring is 1. The van der Waals surface area contributed by atoms with Crippen LogP contribution in [0, 0.1) is 0 Å². The van der Waals surface area contributed by atoms with E-state index in [9.17, 15) is 0 Å². The highest BCUT2D eigenvalue weighted by Crippen LogP contribution is 2.29. The summed E-state index contributed by atoms with van der Waals surface area (Å²) in [6.07, 6.45) is 5.58. The number of hydrogen-bond donors (Lipinski definition) is 1. The Morgan fingerprint density at radius 1 is 0.714 bits per heavy atom. The van der Waals surface area contributed by atoms with Crippen LogP contribution in [0.5, 0.6) is 0 Å². The number of pyridine rings is 1. The molecule has 0 amide bonds. The van der Waals surface area contributed by atoms with Gasteiger partial charge in [-0.25, -0.2) is 15.0 Å². The first-order valence-electron chi connectivity index (χ1n) is 11.9. The van der Waals surface area contributed by atoms with Crippen LogP contribution in [0.3, 0.4) is 0 Å². The van der Waals surface area contributed by atoms with Gasteiger partial charge in [0.15, 0.2) is 0 Å². The van der Waals surface area contributed by atoms with E-state index < -0.39 is 0 Å². The molecule has 0 atom stereocenters. The zero-order valence-corrected chi connectivity index (χ0v) is 19.5. The number of nitrogens with two attached hydrogens (primary N) is 1. The maximum absolute atomic E-state index is 6.16. The van der Waals surface area contributed by atoms with Crippen molar-refractivity contribution in [2.75, 3.05) is 36.8 Å². The number of piperazine rings is 1. The smallest absolute Gasteiger partial charge is 0.225 e. The quantitative estimate of drug-likeness (QED) is 0.419. The van der Waals surface area contributed by atoms with Gasteiger partial charge < -0.3 is 15.0 Å². The summed E-state index contributed by atoms with van der Waals surface area (Å²) in [5.41, 5.74) is 13.5. The molecule has 174 valence electrons. The van der Waals surface area contributed by atoms with Gasteiger partial charge in [0.25, 0.3) is 0 Å². The number of fused-ring (bicyclic) bond motifs is 1. The van der Waals surface area contributed by atoms with Gasteiger partial charge in [0.05, 0.1) is 11.4 Å². The van der Waals surface area contributed by atoms with Crippen molar-refractivity contribution >= 4 is 17.3 Å². The normalized spacial score (nSPS) is 14.5. The van der Waals surface area contributed by atoms with Crippen molar-refractivity contribution in [1.82, 2.24) is 24.3 Å². The fraction of sp³-hybridized carbons (Fsp3) is 0.179. The largest absolute Gasteiger partial charge is 0.398 e. The molecule has 0 bridgehead atoms. The molecule has 3 aromatic heterocycles. The molecule has 0 spiro atoms. The van der Waals surface area contributed by atoms with E-state index in [1.54, 1.807) is 12.4 Å². The van der Waals surface area contributed by atoms with Gasteiger partial charge >= 0.3 is 0 Å². The van der Waals surface area contributed by atoms with Crippen molar-refractivity contribution in [2.24, 2.45) is 0 Å². The molecule has 1 saturated heterocycles. The second kappa shape index (κ2) is 9.19. The summed E-state index contributed by atoms with van der Waals surface area (Å²) in [6.45, 7) is 4.44. The molecule has 5 aromatic rings. The third-order valence-electron chi connectivity index (χ3n) is 6.59. The first-order valence-corrected chi connectivity index (χ1v) is 11.9. The minimum absolute atomic E-state index is 0.730. The summed E-state index contributed by atoms with van der Waals surface area (Å²) in [5.74, 6) is 0.800. The molecule has 0 saturated carbocycles. The molecule has 6 rings (SSSR count). The van der Waals surface area contributed by atoms with Crippen LogP contribution in [0.1, 0.15) is 5.69 Å². The first-order chi connectivity index (χ1) is 17.2. The summed E-state index contributed by atoms with van der Waals surface area (Å²) in [5, 5.41) is 0. The van der Waals surface area contributed by atoms with Crippen LogP contribution in [0.4, 0.5) is 11.6 Å². The number of nitrogens with zero attached hydrogens (tertiary/aromatic N) is 6. The number of aromatic nitrogens is 4. The average Bonchev–Trinajstić information content (AvgIpc) is 3.27. The molecule has 7 heteroatoms. The fourth-order valence-corrected chi connectivity index (χ4v) is 4.72. The Morgan fingerprint density at radius 3 is 2.14 bits per heavy atom. The molecule has 1 fully saturated rings. The summed E-state index contributed by atoms with van der Waals surface area (Å²) >= 11 is 0. The minimum Gasteiger partial charge on any atom is -0.398 e. The lowest BCUT2D eigenvalue weighted by molar-refractivity contribution is 0.246. The molecular weight excluding hydrogens is 434 g/mol. The second-order valence-electron chi connectivity index (χ2n) is 8.85. The van der Waals surface area contributed by atoms with Crippen LogP contribution in [-0.2, 0) is 6.54 Å². The third kappa shape index (κ3) is 4.34. The number of anilines is 2. The molecule has 35 heavy (non-hydrogen) atoms. The Labute approximate surface area is 204 Å². The van der Waals surface area contributed by atoms with Gasteiger partial charge in [-0.05, 0) is 29.3 Å². The van der Waals surface area contributed by atoms with Crippen LogP contribution in [0.2, 0.25) is 0 Å². The highest BCUT2D eigenvalue weighted by Gasteiger charge is 2.22. The lowest BCUT2D eigenvalue weighted by atomic mass is 10.0. The summed E-state index contributed by atoms with van der Waals surface area (Å²) in [6, 6.07) is 24.9. The minimum atomic E-state index is 0.730. The van der Waals surface area contributed by atoms with E-state index >= 15 is 0 Å². The molecule has 0 aliphatic carbocycles. The van der Waals surface area contributed by atoms with Crippen LogP contribution >= 0.6 is 0 Å². The zero-order chi connectivity index (χ0) is 23.6. The summed E-state index contributed by atoms with van der Waals surface area (Å²) < 4.78 is 2.14. The number of imidazole rings is 1. The van der Waals surface area contributed by atoms with E-state index in [4.69, 9.17) is 10.7 Å². The van der Waals surface area contributed by atoms with E-state index in [1.807, 2.05) is 30.5 Å². The van der Waals surface area contributed by atoms with Gasteiger partial charge in [-0.3, -0.25) is 4.90 Å². The van der Waals surface area contributed by atoms with Crippen molar-refractivity contribution in [3.05, 3.63) is 97.1 Å². The Balaban J connectivity index is 1.29. The van der Waals surface area contributed by atoms with Crippen LogP contribution in [0.25, 0.3) is 28.0 Å². The van der Waals surface area contributed by atoms with Crippen LogP contribution < -0.4 is 10.6 Å². The Bertz CT molecular complexity index is 1420. The van der Waals surface area contributed by atoms with Crippen molar-refractivity contribution in [2.45, 2.75) is 6.54 Å². The molecule has 7 nitrogen and oxygen atoms in total. The highest BCUT2D eigenvalue weighted by atomic mass is 15.3. The van der Waals surface area contributed by atoms with Gasteiger partial charge in [0, 0.05) is 62.6 Å². The lowest BCUT2D eigenvalue weighted by Gasteiger charge is -2.34. The summed E-state index contributed by atoms with van der Waals surface area (Å²) in [7, 11) is 0. The molecule has 1 aliphatic rings. The van der Waals surface area contributed by atoms with E-state index in [1.165, 1.54) is 11.1 Å². The first kappa shape index (κ1) is 21.3. The molecule has 2 N–H and O–H groups in total. The molecule has 0 unspecified atom stereocenters. The topological polar surface area (TPSA) is 75.6 Å². The molecule has 1 aliphatic heterocycles. The van der Waals surface area contributed by atoms with Crippen molar-refractivity contribution in [3.63, 3.8) is 0 Å². The van der Waals surface area contributed by atoms with Gasteiger partial charge in [-0.15, -0.1) is 0 Å². The Kier molecular flexibility index (Phi) is 5.60.